The van der Waals surface area contributed by atoms with Crippen LogP contribution in [0.5, 0.6) is 0 Å². The molecule has 4 nitrogen and oxygen atoms in total. The van der Waals surface area contributed by atoms with Crippen LogP contribution in [0.3, 0.4) is 0 Å². The molecule has 110 valence electrons. The zero-order chi connectivity index (χ0) is 13.8. The summed E-state index contributed by atoms with van der Waals surface area (Å²) in [6.45, 7) is 3.48. The molecule has 1 aliphatic carbocycles. The summed E-state index contributed by atoms with van der Waals surface area (Å²) in [6, 6.07) is 0. The van der Waals surface area contributed by atoms with Crippen LogP contribution in [0.4, 0.5) is 5.82 Å². The smallest absolute Gasteiger partial charge is 0.135 e. The second-order valence-corrected chi connectivity index (χ2v) is 6.15. The Morgan fingerprint density at radius 3 is 2.80 bits per heavy atom. The van der Waals surface area contributed by atoms with Crippen LogP contribution < -0.4 is 10.2 Å². The third kappa shape index (κ3) is 2.95. The van der Waals surface area contributed by atoms with Crippen molar-refractivity contribution in [3.63, 3.8) is 0 Å². The summed E-state index contributed by atoms with van der Waals surface area (Å²) in [6.07, 6.45) is 10.6. The summed E-state index contributed by atoms with van der Waals surface area (Å²) in [5.74, 6) is 2.12. The molecule has 20 heavy (non-hydrogen) atoms. The molecule has 4 heteroatoms. The van der Waals surface area contributed by atoms with Gasteiger partial charge in [0.1, 0.15) is 12.1 Å². The lowest BCUT2D eigenvalue weighted by Gasteiger charge is -2.34. The van der Waals surface area contributed by atoms with Crippen LogP contribution in [0, 0.1) is 5.92 Å². The van der Waals surface area contributed by atoms with E-state index >= 15 is 0 Å². The van der Waals surface area contributed by atoms with Crippen LogP contribution in [-0.4, -0.2) is 36.6 Å². The molecule has 0 bridgehead atoms. The standard InChI is InChI=1S/C16H26N4/c1-17-9-6-13-7-10-20(11-8-13)16-14-4-2-3-5-15(14)18-12-19-16/h12-13,17H,2-11H2,1H3. The Hall–Kier alpha value is -1.16. The molecule has 2 heterocycles. The lowest BCUT2D eigenvalue weighted by Crippen LogP contribution is -2.36. The molecule has 0 spiro atoms. The van der Waals surface area contributed by atoms with Gasteiger partial charge in [-0.1, -0.05) is 0 Å². The van der Waals surface area contributed by atoms with Crippen molar-refractivity contribution in [1.82, 2.24) is 15.3 Å². The first-order valence-electron chi connectivity index (χ1n) is 8.11. The minimum atomic E-state index is 0.886. The molecule has 2 aliphatic rings. The van der Waals surface area contributed by atoms with Crippen molar-refractivity contribution in [2.24, 2.45) is 5.92 Å². The van der Waals surface area contributed by atoms with Crippen LogP contribution in [0.15, 0.2) is 6.33 Å². The van der Waals surface area contributed by atoms with Gasteiger partial charge < -0.3 is 10.2 Å². The average molecular weight is 274 g/mol. The maximum atomic E-state index is 4.61. The minimum Gasteiger partial charge on any atom is -0.356 e. The van der Waals surface area contributed by atoms with E-state index in [0.29, 0.717) is 0 Å². The number of anilines is 1. The number of nitrogens with one attached hydrogen (secondary N) is 1. The molecule has 1 saturated heterocycles. The molecule has 0 atom stereocenters. The highest BCUT2D eigenvalue weighted by Crippen LogP contribution is 2.30. The molecule has 0 amide bonds. The van der Waals surface area contributed by atoms with Gasteiger partial charge in [0.2, 0.25) is 0 Å². The lowest BCUT2D eigenvalue weighted by molar-refractivity contribution is 0.376. The van der Waals surface area contributed by atoms with Crippen molar-refractivity contribution in [2.45, 2.75) is 44.9 Å². The van der Waals surface area contributed by atoms with Gasteiger partial charge in [-0.15, -0.1) is 0 Å². The molecule has 3 rings (SSSR count). The Bertz CT molecular complexity index is 438. The molecule has 1 aliphatic heterocycles. The SMILES string of the molecule is CNCCC1CCN(c2ncnc3c2CCCC3)CC1. The largest absolute Gasteiger partial charge is 0.356 e. The van der Waals surface area contributed by atoms with Crippen molar-refractivity contribution in [3.05, 3.63) is 17.6 Å². The first-order chi connectivity index (χ1) is 9.88. The van der Waals surface area contributed by atoms with Crippen LogP contribution in [0.1, 0.15) is 43.4 Å². The van der Waals surface area contributed by atoms with E-state index < -0.39 is 0 Å². The zero-order valence-corrected chi connectivity index (χ0v) is 12.6. The van der Waals surface area contributed by atoms with E-state index in [1.807, 2.05) is 7.05 Å². The Kier molecular flexibility index (Phi) is 4.51. The van der Waals surface area contributed by atoms with E-state index in [4.69, 9.17) is 0 Å². The average Bonchev–Trinajstić information content (AvgIpc) is 2.53. The number of nitrogens with zero attached hydrogens (tertiary/aromatic N) is 3. The first kappa shape index (κ1) is 13.8. The molecule has 1 aromatic rings. The molecule has 0 unspecified atom stereocenters. The third-order valence-corrected chi connectivity index (χ3v) is 4.82. The molecule has 1 fully saturated rings. The van der Waals surface area contributed by atoms with Crippen molar-refractivity contribution in [1.29, 1.82) is 0 Å². The second-order valence-electron chi connectivity index (χ2n) is 6.15. The number of piperidine rings is 1. The van der Waals surface area contributed by atoms with Crippen LogP contribution in [-0.2, 0) is 12.8 Å². The number of aryl methyl sites for hydroxylation is 1. The van der Waals surface area contributed by atoms with Gasteiger partial charge in [-0.25, -0.2) is 9.97 Å². The summed E-state index contributed by atoms with van der Waals surface area (Å²) in [7, 11) is 2.04. The second kappa shape index (κ2) is 6.53. The Morgan fingerprint density at radius 1 is 1.20 bits per heavy atom. The molecular formula is C16H26N4. The van der Waals surface area contributed by atoms with Crippen molar-refractivity contribution < 1.29 is 0 Å². The van der Waals surface area contributed by atoms with Crippen LogP contribution >= 0.6 is 0 Å². The van der Waals surface area contributed by atoms with E-state index in [1.165, 1.54) is 55.6 Å². The van der Waals surface area contributed by atoms with Crippen molar-refractivity contribution in [3.8, 4) is 0 Å². The lowest BCUT2D eigenvalue weighted by atomic mass is 9.92. The summed E-state index contributed by atoms with van der Waals surface area (Å²) in [5.41, 5.74) is 2.74. The normalized spacial score (nSPS) is 19.9. The van der Waals surface area contributed by atoms with E-state index in [-0.39, 0.29) is 0 Å². The van der Waals surface area contributed by atoms with Gasteiger partial charge >= 0.3 is 0 Å². The van der Waals surface area contributed by atoms with Gasteiger partial charge in [0.25, 0.3) is 0 Å². The monoisotopic (exact) mass is 274 g/mol. The number of fused-ring (bicyclic) bond motifs is 1. The fourth-order valence-corrected chi connectivity index (χ4v) is 3.56. The van der Waals surface area contributed by atoms with Gasteiger partial charge in [-0.2, -0.15) is 0 Å². The first-order valence-corrected chi connectivity index (χ1v) is 8.11. The molecule has 1 aromatic heterocycles. The topological polar surface area (TPSA) is 41.0 Å². The van der Waals surface area contributed by atoms with Crippen LogP contribution in [0.2, 0.25) is 0 Å². The van der Waals surface area contributed by atoms with Gasteiger partial charge in [0.15, 0.2) is 0 Å². The molecular weight excluding hydrogens is 248 g/mol. The highest BCUT2D eigenvalue weighted by Gasteiger charge is 2.24. The summed E-state index contributed by atoms with van der Waals surface area (Å²) >= 11 is 0. The summed E-state index contributed by atoms with van der Waals surface area (Å²) in [5, 5.41) is 3.26. The van der Waals surface area contributed by atoms with Crippen molar-refractivity contribution >= 4 is 5.82 Å². The van der Waals surface area contributed by atoms with Gasteiger partial charge in [0, 0.05) is 24.3 Å². The number of hydrogen-bond acceptors (Lipinski definition) is 4. The number of hydrogen-bond donors (Lipinski definition) is 1. The van der Waals surface area contributed by atoms with E-state index in [0.717, 1.165) is 32.0 Å². The van der Waals surface area contributed by atoms with Crippen molar-refractivity contribution in [2.75, 3.05) is 31.6 Å². The predicted octanol–water partition coefficient (Wildman–Crippen LogP) is 2.18. The highest BCUT2D eigenvalue weighted by atomic mass is 15.2. The fraction of sp³-hybridized carbons (Fsp3) is 0.750. The van der Waals surface area contributed by atoms with Gasteiger partial charge in [-0.3, -0.25) is 0 Å². The van der Waals surface area contributed by atoms with E-state index in [2.05, 4.69) is 20.2 Å². The maximum Gasteiger partial charge on any atom is 0.135 e. The molecule has 0 aromatic carbocycles. The zero-order valence-electron chi connectivity index (χ0n) is 12.6. The number of aromatic nitrogens is 2. The Balaban J connectivity index is 1.66. The van der Waals surface area contributed by atoms with E-state index in [9.17, 15) is 0 Å². The summed E-state index contributed by atoms with van der Waals surface area (Å²) < 4.78 is 0. The molecule has 1 N–H and O–H groups in total. The third-order valence-electron chi connectivity index (χ3n) is 4.82. The molecule has 0 radical (unpaired) electrons. The Labute approximate surface area is 122 Å². The van der Waals surface area contributed by atoms with Gasteiger partial charge in [-0.05, 0) is 64.5 Å². The Morgan fingerprint density at radius 2 is 2.00 bits per heavy atom. The quantitative estimate of drug-likeness (QED) is 0.913. The predicted molar refractivity (Wildman–Crippen MR) is 82.2 cm³/mol. The number of rotatable bonds is 4. The minimum absolute atomic E-state index is 0.886. The maximum absolute atomic E-state index is 4.61. The fourth-order valence-electron chi connectivity index (χ4n) is 3.56. The van der Waals surface area contributed by atoms with E-state index in [1.54, 1.807) is 6.33 Å². The summed E-state index contributed by atoms with van der Waals surface area (Å²) in [4.78, 5) is 11.6. The highest BCUT2D eigenvalue weighted by molar-refractivity contribution is 5.49. The molecule has 0 saturated carbocycles. The van der Waals surface area contributed by atoms with Gasteiger partial charge in [0.05, 0.1) is 0 Å². The van der Waals surface area contributed by atoms with Crippen LogP contribution in [0.25, 0.3) is 0 Å².